The molecule has 0 radical (unpaired) electrons. The third-order valence-electron chi connectivity index (χ3n) is 0.926. The summed E-state index contributed by atoms with van der Waals surface area (Å²) in [7, 11) is 0. The average Bonchev–Trinajstić information content (AvgIpc) is 1.90. The highest BCUT2D eigenvalue weighted by molar-refractivity contribution is 9.08. The van der Waals surface area contributed by atoms with Crippen molar-refractivity contribution in [2.45, 2.75) is 5.33 Å². The van der Waals surface area contributed by atoms with Crippen LogP contribution in [0.4, 0.5) is 4.39 Å². The summed E-state index contributed by atoms with van der Waals surface area (Å²) < 4.78 is 12.1. The summed E-state index contributed by atoms with van der Waals surface area (Å²) in [5.74, 6) is -0.292. The minimum absolute atomic E-state index is 0. The molecule has 0 amide bonds. The molecule has 0 atom stereocenters. The van der Waals surface area contributed by atoms with E-state index in [1.807, 2.05) is 0 Å². The van der Waals surface area contributed by atoms with Gasteiger partial charge in [0.2, 0.25) is 0 Å². The quantitative estimate of drug-likeness (QED) is 0.715. The van der Waals surface area contributed by atoms with Crippen LogP contribution in [-0.2, 0) is 5.33 Å². The normalized spacial score (nSPS) is 8.60. The SMILES string of the molecule is Br.Fc1ccc(CBr)nc1. The van der Waals surface area contributed by atoms with Crippen molar-refractivity contribution in [1.82, 2.24) is 4.98 Å². The molecule has 0 aromatic carbocycles. The largest absolute Gasteiger partial charge is 0.257 e. The Morgan fingerprint density at radius 1 is 1.50 bits per heavy atom. The number of alkyl halides is 1. The lowest BCUT2D eigenvalue weighted by molar-refractivity contribution is 0.620. The number of pyridine rings is 1. The van der Waals surface area contributed by atoms with Crippen LogP contribution < -0.4 is 0 Å². The molecule has 0 aliphatic heterocycles. The van der Waals surface area contributed by atoms with Crippen LogP contribution >= 0.6 is 32.9 Å². The summed E-state index contributed by atoms with van der Waals surface area (Å²) in [5, 5.41) is 0.674. The topological polar surface area (TPSA) is 12.9 Å². The number of aromatic nitrogens is 1. The first-order valence-electron chi connectivity index (χ1n) is 2.49. The van der Waals surface area contributed by atoms with Gasteiger partial charge in [-0.2, -0.15) is 0 Å². The van der Waals surface area contributed by atoms with Crippen molar-refractivity contribution in [1.29, 1.82) is 0 Å². The number of rotatable bonds is 1. The molecule has 0 N–H and O–H groups in total. The second kappa shape index (κ2) is 4.79. The van der Waals surface area contributed by atoms with E-state index in [1.54, 1.807) is 6.07 Å². The third-order valence-corrected chi connectivity index (χ3v) is 1.50. The minimum Gasteiger partial charge on any atom is -0.257 e. The molecule has 4 heteroatoms. The van der Waals surface area contributed by atoms with Crippen molar-refractivity contribution in [3.8, 4) is 0 Å². The molecular weight excluding hydrogens is 265 g/mol. The molecule has 0 saturated heterocycles. The molecule has 0 spiro atoms. The number of nitrogens with zero attached hydrogens (tertiary/aromatic N) is 1. The maximum atomic E-state index is 12.1. The van der Waals surface area contributed by atoms with Crippen molar-refractivity contribution in [2.75, 3.05) is 0 Å². The van der Waals surface area contributed by atoms with Gasteiger partial charge < -0.3 is 0 Å². The highest BCUT2D eigenvalue weighted by Crippen LogP contribution is 2.01. The monoisotopic (exact) mass is 269 g/mol. The van der Waals surface area contributed by atoms with E-state index < -0.39 is 0 Å². The third kappa shape index (κ3) is 2.75. The molecule has 1 heterocycles. The molecule has 0 fully saturated rings. The van der Waals surface area contributed by atoms with Gasteiger partial charge in [0, 0.05) is 5.33 Å². The lowest BCUT2D eigenvalue weighted by Crippen LogP contribution is -1.83. The predicted molar refractivity (Wildman–Crippen MR) is 47.1 cm³/mol. The lowest BCUT2D eigenvalue weighted by atomic mass is 10.4. The van der Waals surface area contributed by atoms with E-state index in [0.29, 0.717) is 5.33 Å². The van der Waals surface area contributed by atoms with Crippen LogP contribution in [-0.4, -0.2) is 4.98 Å². The van der Waals surface area contributed by atoms with E-state index in [4.69, 9.17) is 0 Å². The molecule has 0 aliphatic carbocycles. The van der Waals surface area contributed by atoms with E-state index in [1.165, 1.54) is 12.3 Å². The Balaban J connectivity index is 0.000000810. The zero-order valence-electron chi connectivity index (χ0n) is 5.05. The van der Waals surface area contributed by atoms with Crippen molar-refractivity contribution >= 4 is 32.9 Å². The van der Waals surface area contributed by atoms with Crippen molar-refractivity contribution < 1.29 is 4.39 Å². The maximum Gasteiger partial charge on any atom is 0.141 e. The van der Waals surface area contributed by atoms with Crippen molar-refractivity contribution in [2.24, 2.45) is 0 Å². The molecule has 56 valence electrons. The smallest absolute Gasteiger partial charge is 0.141 e. The molecule has 1 nitrogen and oxygen atoms in total. The molecular formula is C6H6Br2FN. The van der Waals surface area contributed by atoms with Crippen LogP contribution in [0.3, 0.4) is 0 Å². The Morgan fingerprint density at radius 3 is 2.60 bits per heavy atom. The van der Waals surface area contributed by atoms with Gasteiger partial charge in [-0.3, -0.25) is 4.98 Å². The van der Waals surface area contributed by atoms with E-state index >= 15 is 0 Å². The highest BCUT2D eigenvalue weighted by Gasteiger charge is 1.90. The molecule has 1 aromatic heterocycles. The van der Waals surface area contributed by atoms with Gasteiger partial charge in [0.15, 0.2) is 0 Å². The van der Waals surface area contributed by atoms with E-state index in [-0.39, 0.29) is 22.8 Å². The van der Waals surface area contributed by atoms with E-state index in [9.17, 15) is 4.39 Å². The van der Waals surface area contributed by atoms with E-state index in [2.05, 4.69) is 20.9 Å². The molecule has 1 rings (SSSR count). The van der Waals surface area contributed by atoms with Crippen LogP contribution in [0.5, 0.6) is 0 Å². The van der Waals surface area contributed by atoms with Gasteiger partial charge in [-0.05, 0) is 12.1 Å². The van der Waals surface area contributed by atoms with Crippen LogP contribution in [0, 0.1) is 5.82 Å². The summed E-state index contributed by atoms with van der Waals surface area (Å²) in [4.78, 5) is 3.77. The fourth-order valence-electron chi connectivity index (χ4n) is 0.485. The summed E-state index contributed by atoms with van der Waals surface area (Å²) >= 11 is 3.20. The fraction of sp³-hybridized carbons (Fsp3) is 0.167. The van der Waals surface area contributed by atoms with Crippen molar-refractivity contribution in [3.63, 3.8) is 0 Å². The first kappa shape index (κ1) is 10.0. The molecule has 0 unspecified atom stereocenters. The van der Waals surface area contributed by atoms with Gasteiger partial charge in [-0.1, -0.05) is 15.9 Å². The minimum atomic E-state index is -0.292. The molecule has 0 bridgehead atoms. The summed E-state index contributed by atoms with van der Waals surface area (Å²) in [6.07, 6.45) is 1.20. The highest BCUT2D eigenvalue weighted by atomic mass is 79.9. The van der Waals surface area contributed by atoms with Crippen LogP contribution in [0.2, 0.25) is 0 Å². The first-order chi connectivity index (χ1) is 4.33. The lowest BCUT2D eigenvalue weighted by Gasteiger charge is -1.90. The van der Waals surface area contributed by atoms with Crippen LogP contribution in [0.1, 0.15) is 5.69 Å². The van der Waals surface area contributed by atoms with Gasteiger partial charge in [0.25, 0.3) is 0 Å². The Kier molecular flexibility index (Phi) is 4.81. The van der Waals surface area contributed by atoms with Crippen LogP contribution in [0.15, 0.2) is 18.3 Å². The van der Waals surface area contributed by atoms with Gasteiger partial charge in [0.1, 0.15) is 5.82 Å². The van der Waals surface area contributed by atoms with Gasteiger partial charge >= 0.3 is 0 Å². The second-order valence-corrected chi connectivity index (χ2v) is 2.16. The van der Waals surface area contributed by atoms with Gasteiger partial charge in [-0.25, -0.2) is 4.39 Å². The molecule has 0 saturated carbocycles. The zero-order valence-corrected chi connectivity index (χ0v) is 8.35. The Hall–Kier alpha value is 0.0400. The Labute approximate surface area is 77.6 Å². The Morgan fingerprint density at radius 2 is 2.20 bits per heavy atom. The van der Waals surface area contributed by atoms with Gasteiger partial charge in [-0.15, -0.1) is 17.0 Å². The number of hydrogen-bond acceptors (Lipinski definition) is 1. The Bertz CT molecular complexity index is 187. The summed E-state index contributed by atoms with van der Waals surface area (Å²) in [6, 6.07) is 3.04. The molecule has 1 aromatic rings. The van der Waals surface area contributed by atoms with Crippen LogP contribution in [0.25, 0.3) is 0 Å². The predicted octanol–water partition coefficient (Wildman–Crippen LogP) is 2.69. The number of hydrogen-bond donors (Lipinski definition) is 0. The summed E-state index contributed by atoms with van der Waals surface area (Å²) in [5.41, 5.74) is 0.844. The maximum absolute atomic E-state index is 12.1. The van der Waals surface area contributed by atoms with E-state index in [0.717, 1.165) is 5.69 Å². The standard InChI is InChI=1S/C6H5BrFN.BrH/c7-3-6-2-1-5(8)4-9-6;/h1-2,4H,3H2;1H. The molecule has 0 aliphatic rings. The van der Waals surface area contributed by atoms with Gasteiger partial charge in [0.05, 0.1) is 11.9 Å². The fourth-order valence-corrected chi connectivity index (χ4v) is 0.817. The van der Waals surface area contributed by atoms with Crippen molar-refractivity contribution in [3.05, 3.63) is 29.8 Å². The first-order valence-corrected chi connectivity index (χ1v) is 3.61. The number of halogens is 3. The second-order valence-electron chi connectivity index (χ2n) is 1.60. The zero-order chi connectivity index (χ0) is 6.69. The molecule has 10 heavy (non-hydrogen) atoms. The average molecular weight is 271 g/mol. The summed E-state index contributed by atoms with van der Waals surface area (Å²) in [6.45, 7) is 0.